The molecule has 0 amide bonds. The van der Waals surface area contributed by atoms with Gasteiger partial charge in [-0.25, -0.2) is 0 Å². The Hall–Kier alpha value is -0.900. The second-order valence-corrected chi connectivity index (χ2v) is 6.18. The first kappa shape index (κ1) is 14.1. The van der Waals surface area contributed by atoms with Gasteiger partial charge in [-0.1, -0.05) is 24.3 Å². The number of fused-ring (bicyclic) bond motifs is 1. The summed E-state index contributed by atoms with van der Waals surface area (Å²) < 4.78 is 5.73. The third kappa shape index (κ3) is 2.90. The first-order chi connectivity index (χ1) is 9.75. The van der Waals surface area contributed by atoms with E-state index in [2.05, 4.69) is 30.1 Å². The lowest BCUT2D eigenvalue weighted by atomic mass is 9.98. The number of aliphatic hydroxyl groups excluding tert-OH is 1. The topological polar surface area (TPSA) is 32.7 Å². The highest BCUT2D eigenvalue weighted by Gasteiger charge is 2.30. The molecular weight excluding hydrogens is 250 g/mol. The van der Waals surface area contributed by atoms with Crippen molar-refractivity contribution in [3.05, 3.63) is 35.4 Å². The number of aliphatic hydroxyl groups is 1. The third-order valence-electron chi connectivity index (χ3n) is 4.77. The molecule has 0 bridgehead atoms. The quantitative estimate of drug-likeness (QED) is 0.861. The predicted octanol–water partition coefficient (Wildman–Crippen LogP) is 2.54. The summed E-state index contributed by atoms with van der Waals surface area (Å²) in [6.07, 6.45) is 5.59. The van der Waals surface area contributed by atoms with Gasteiger partial charge in [0.1, 0.15) is 0 Å². The van der Waals surface area contributed by atoms with Crippen LogP contribution in [0.2, 0.25) is 0 Å². The van der Waals surface area contributed by atoms with Gasteiger partial charge in [-0.2, -0.15) is 0 Å². The molecular formula is C17H25NO2. The van der Waals surface area contributed by atoms with Gasteiger partial charge in [-0.15, -0.1) is 0 Å². The minimum absolute atomic E-state index is 0.211. The largest absolute Gasteiger partial charge is 0.387 e. The Morgan fingerprint density at radius 3 is 2.90 bits per heavy atom. The molecule has 1 fully saturated rings. The molecule has 0 spiro atoms. The minimum atomic E-state index is -0.375. The van der Waals surface area contributed by atoms with E-state index in [-0.39, 0.29) is 12.1 Å². The fourth-order valence-corrected chi connectivity index (χ4v) is 3.62. The Labute approximate surface area is 121 Å². The molecule has 20 heavy (non-hydrogen) atoms. The normalized spacial score (nSPS) is 30.2. The molecule has 0 aromatic heterocycles. The van der Waals surface area contributed by atoms with Gasteiger partial charge in [0.2, 0.25) is 0 Å². The van der Waals surface area contributed by atoms with Crippen LogP contribution < -0.4 is 0 Å². The van der Waals surface area contributed by atoms with Gasteiger partial charge in [0.15, 0.2) is 0 Å². The fourth-order valence-electron chi connectivity index (χ4n) is 3.62. The Balaban J connectivity index is 1.72. The van der Waals surface area contributed by atoms with Gasteiger partial charge in [0.05, 0.1) is 12.2 Å². The molecule has 1 aromatic carbocycles. The Morgan fingerprint density at radius 2 is 2.10 bits per heavy atom. The van der Waals surface area contributed by atoms with Crippen LogP contribution in [0.25, 0.3) is 0 Å². The maximum Gasteiger partial charge on any atom is 0.0947 e. The van der Waals surface area contributed by atoms with Crippen molar-refractivity contribution in [2.24, 2.45) is 0 Å². The van der Waals surface area contributed by atoms with Crippen molar-refractivity contribution in [1.29, 1.82) is 0 Å². The van der Waals surface area contributed by atoms with Crippen molar-refractivity contribution in [2.45, 2.75) is 50.4 Å². The predicted molar refractivity (Wildman–Crippen MR) is 79.7 cm³/mol. The van der Waals surface area contributed by atoms with E-state index in [9.17, 15) is 5.11 Å². The van der Waals surface area contributed by atoms with E-state index in [1.54, 1.807) is 0 Å². The molecule has 3 heteroatoms. The van der Waals surface area contributed by atoms with E-state index in [0.29, 0.717) is 6.10 Å². The highest BCUT2D eigenvalue weighted by molar-refractivity contribution is 5.31. The second kappa shape index (κ2) is 6.25. The number of hydrogen-bond donors (Lipinski definition) is 1. The highest BCUT2D eigenvalue weighted by atomic mass is 16.5. The molecule has 1 aromatic rings. The van der Waals surface area contributed by atoms with Crippen LogP contribution in [0.4, 0.5) is 0 Å². The monoisotopic (exact) mass is 275 g/mol. The van der Waals surface area contributed by atoms with Crippen LogP contribution >= 0.6 is 0 Å². The summed E-state index contributed by atoms with van der Waals surface area (Å²) in [6, 6.07) is 8.55. The molecule has 0 radical (unpaired) electrons. The van der Waals surface area contributed by atoms with Gasteiger partial charge < -0.3 is 9.84 Å². The van der Waals surface area contributed by atoms with Crippen molar-refractivity contribution in [3.63, 3.8) is 0 Å². The zero-order valence-electron chi connectivity index (χ0n) is 12.3. The number of nitrogens with zero attached hydrogens (tertiary/aromatic N) is 1. The molecule has 1 N–H and O–H groups in total. The van der Waals surface area contributed by atoms with Crippen molar-refractivity contribution >= 4 is 0 Å². The van der Waals surface area contributed by atoms with Crippen LogP contribution in [0.1, 0.15) is 42.9 Å². The summed E-state index contributed by atoms with van der Waals surface area (Å²) in [6.45, 7) is 1.83. The Morgan fingerprint density at radius 1 is 1.25 bits per heavy atom. The van der Waals surface area contributed by atoms with Crippen molar-refractivity contribution in [2.75, 3.05) is 20.2 Å². The number of likely N-dealkylation sites (N-methyl/N-ethyl adjacent to an activating group) is 1. The van der Waals surface area contributed by atoms with Crippen LogP contribution in [0.3, 0.4) is 0 Å². The molecule has 1 heterocycles. The first-order valence-corrected chi connectivity index (χ1v) is 7.83. The number of rotatable bonds is 3. The molecule has 1 saturated heterocycles. The molecule has 2 aliphatic rings. The SMILES string of the molecule is CN(CC1CCCO1)C1CCCc2ccccc2C1O. The van der Waals surface area contributed by atoms with Gasteiger partial charge in [0, 0.05) is 19.2 Å². The van der Waals surface area contributed by atoms with E-state index in [0.717, 1.165) is 44.4 Å². The van der Waals surface area contributed by atoms with Crippen LogP contribution in [0.15, 0.2) is 24.3 Å². The third-order valence-corrected chi connectivity index (χ3v) is 4.77. The lowest BCUT2D eigenvalue weighted by Gasteiger charge is -2.32. The molecule has 3 atom stereocenters. The molecule has 1 aliphatic carbocycles. The fraction of sp³-hybridized carbons (Fsp3) is 0.647. The van der Waals surface area contributed by atoms with E-state index in [1.165, 1.54) is 12.0 Å². The summed E-state index contributed by atoms with van der Waals surface area (Å²) in [5, 5.41) is 10.8. The van der Waals surface area contributed by atoms with E-state index < -0.39 is 0 Å². The average molecular weight is 275 g/mol. The first-order valence-electron chi connectivity index (χ1n) is 7.83. The van der Waals surface area contributed by atoms with Gasteiger partial charge in [0.25, 0.3) is 0 Å². The second-order valence-electron chi connectivity index (χ2n) is 6.18. The molecule has 1 aliphatic heterocycles. The summed E-state index contributed by atoms with van der Waals surface area (Å²) in [5.74, 6) is 0. The van der Waals surface area contributed by atoms with Crippen LogP contribution in [0.5, 0.6) is 0 Å². The minimum Gasteiger partial charge on any atom is -0.387 e. The number of benzene rings is 1. The molecule has 3 nitrogen and oxygen atoms in total. The summed E-state index contributed by atoms with van der Waals surface area (Å²) in [5.41, 5.74) is 2.43. The summed E-state index contributed by atoms with van der Waals surface area (Å²) in [7, 11) is 2.13. The van der Waals surface area contributed by atoms with Gasteiger partial charge in [-0.05, 0) is 50.3 Å². The standard InChI is InChI=1S/C17H25NO2/c1-18(12-14-8-5-11-20-14)16-10-4-7-13-6-2-3-9-15(13)17(16)19/h2-3,6,9,14,16-17,19H,4-5,7-8,10-12H2,1H3. The van der Waals surface area contributed by atoms with E-state index in [4.69, 9.17) is 4.74 Å². The summed E-state index contributed by atoms with van der Waals surface area (Å²) >= 11 is 0. The number of ether oxygens (including phenoxy) is 1. The highest BCUT2D eigenvalue weighted by Crippen LogP contribution is 2.31. The number of hydrogen-bond acceptors (Lipinski definition) is 3. The maximum absolute atomic E-state index is 10.8. The van der Waals surface area contributed by atoms with E-state index in [1.807, 2.05) is 6.07 Å². The molecule has 110 valence electrons. The maximum atomic E-state index is 10.8. The van der Waals surface area contributed by atoms with Crippen molar-refractivity contribution < 1.29 is 9.84 Å². The molecule has 0 saturated carbocycles. The van der Waals surface area contributed by atoms with E-state index >= 15 is 0 Å². The summed E-state index contributed by atoms with van der Waals surface area (Å²) in [4.78, 5) is 2.31. The average Bonchev–Trinajstić information content (AvgIpc) is 2.90. The Bertz CT molecular complexity index is 442. The van der Waals surface area contributed by atoms with Crippen LogP contribution in [-0.2, 0) is 11.2 Å². The lowest BCUT2D eigenvalue weighted by molar-refractivity contribution is 0.0208. The zero-order chi connectivity index (χ0) is 13.9. The van der Waals surface area contributed by atoms with Gasteiger partial charge in [-0.3, -0.25) is 4.90 Å². The van der Waals surface area contributed by atoms with Gasteiger partial charge >= 0.3 is 0 Å². The van der Waals surface area contributed by atoms with Crippen molar-refractivity contribution in [1.82, 2.24) is 4.90 Å². The molecule has 3 rings (SSSR count). The van der Waals surface area contributed by atoms with Crippen LogP contribution in [-0.4, -0.2) is 42.4 Å². The van der Waals surface area contributed by atoms with Crippen LogP contribution in [0, 0.1) is 0 Å². The zero-order valence-corrected chi connectivity index (χ0v) is 12.3. The smallest absolute Gasteiger partial charge is 0.0947 e. The molecule has 3 unspecified atom stereocenters. The number of aryl methyl sites for hydroxylation is 1. The Kier molecular flexibility index (Phi) is 4.39. The van der Waals surface area contributed by atoms with Crippen molar-refractivity contribution in [3.8, 4) is 0 Å². The lowest BCUT2D eigenvalue weighted by Crippen LogP contribution is -2.40.